The molecule has 5 nitrogen and oxygen atoms in total. The van der Waals surface area contributed by atoms with E-state index in [4.69, 9.17) is 4.74 Å². The van der Waals surface area contributed by atoms with Crippen molar-refractivity contribution in [3.8, 4) is 5.75 Å². The summed E-state index contributed by atoms with van der Waals surface area (Å²) in [6, 6.07) is 13.0. The lowest BCUT2D eigenvalue weighted by atomic mass is 10.1. The molecule has 0 saturated heterocycles. The lowest BCUT2D eigenvalue weighted by Crippen LogP contribution is -2.30. The Morgan fingerprint density at radius 1 is 1.13 bits per heavy atom. The molecule has 1 heterocycles. The van der Waals surface area contributed by atoms with Crippen LogP contribution >= 0.6 is 0 Å². The van der Waals surface area contributed by atoms with Gasteiger partial charge in [0.05, 0.1) is 7.11 Å². The van der Waals surface area contributed by atoms with Gasteiger partial charge >= 0.3 is 0 Å². The van der Waals surface area contributed by atoms with Crippen LogP contribution in [0.5, 0.6) is 5.75 Å². The zero-order valence-electron chi connectivity index (χ0n) is 13.1. The highest BCUT2D eigenvalue weighted by Gasteiger charge is 2.12. The number of ketones is 1. The number of aryl methyl sites for hydroxylation is 1. The van der Waals surface area contributed by atoms with Gasteiger partial charge in [-0.15, -0.1) is 0 Å². The molecule has 2 rings (SSSR count). The molecule has 23 heavy (non-hydrogen) atoms. The topological polar surface area (TPSA) is 68.3 Å². The number of hydrogen-bond acceptors (Lipinski definition) is 4. The van der Waals surface area contributed by atoms with Crippen molar-refractivity contribution in [2.75, 3.05) is 7.11 Å². The second kappa shape index (κ2) is 8.68. The number of hydrogen-bond donors (Lipinski definition) is 1. The van der Waals surface area contributed by atoms with Gasteiger partial charge in [-0.3, -0.25) is 14.6 Å². The van der Waals surface area contributed by atoms with E-state index in [1.165, 1.54) is 0 Å². The van der Waals surface area contributed by atoms with E-state index in [9.17, 15) is 9.59 Å². The van der Waals surface area contributed by atoms with Crippen molar-refractivity contribution in [3.63, 3.8) is 0 Å². The van der Waals surface area contributed by atoms with Gasteiger partial charge in [0.1, 0.15) is 5.75 Å². The Bertz CT molecular complexity index is 639. The Morgan fingerprint density at radius 3 is 2.57 bits per heavy atom. The molecule has 0 spiro atoms. The number of amides is 1. The van der Waals surface area contributed by atoms with Gasteiger partial charge in [-0.05, 0) is 42.7 Å². The highest BCUT2D eigenvalue weighted by Crippen LogP contribution is 2.11. The Morgan fingerprint density at radius 2 is 1.91 bits per heavy atom. The summed E-state index contributed by atoms with van der Waals surface area (Å²) in [5, 5.41) is 2.64. The zero-order chi connectivity index (χ0) is 16.5. The first-order valence-corrected chi connectivity index (χ1v) is 7.53. The van der Waals surface area contributed by atoms with Gasteiger partial charge in [-0.1, -0.05) is 18.2 Å². The van der Waals surface area contributed by atoms with Crippen LogP contribution in [0.4, 0.5) is 0 Å². The lowest BCUT2D eigenvalue weighted by molar-refractivity contribution is -0.138. The van der Waals surface area contributed by atoms with Crippen molar-refractivity contribution in [1.29, 1.82) is 0 Å². The lowest BCUT2D eigenvalue weighted by Gasteiger charge is -2.06. The minimum Gasteiger partial charge on any atom is -0.497 e. The van der Waals surface area contributed by atoms with Crippen LogP contribution in [0.2, 0.25) is 0 Å². The summed E-state index contributed by atoms with van der Waals surface area (Å²) < 4.78 is 5.07. The zero-order valence-corrected chi connectivity index (χ0v) is 13.1. The molecule has 0 radical (unpaired) electrons. The summed E-state index contributed by atoms with van der Waals surface area (Å²) >= 11 is 0. The van der Waals surface area contributed by atoms with Gasteiger partial charge < -0.3 is 10.1 Å². The summed E-state index contributed by atoms with van der Waals surface area (Å²) in [5.41, 5.74) is 1.85. The number of nitrogens with zero attached hydrogens (tertiary/aromatic N) is 1. The van der Waals surface area contributed by atoms with Crippen molar-refractivity contribution < 1.29 is 14.3 Å². The van der Waals surface area contributed by atoms with E-state index in [2.05, 4.69) is 10.3 Å². The third-order valence-corrected chi connectivity index (χ3v) is 3.43. The van der Waals surface area contributed by atoms with Crippen LogP contribution in [0.1, 0.15) is 24.1 Å². The number of Topliss-reactive ketones (excluding diaryl/α,β-unsaturated/α-hetero) is 1. The van der Waals surface area contributed by atoms with Gasteiger partial charge in [-0.25, -0.2) is 0 Å². The number of carbonyl (C=O) groups is 2. The number of benzene rings is 1. The smallest absolute Gasteiger partial charge is 0.287 e. The summed E-state index contributed by atoms with van der Waals surface area (Å²) in [5.74, 6) is -0.179. The Hall–Kier alpha value is -2.69. The van der Waals surface area contributed by atoms with E-state index in [-0.39, 0.29) is 6.42 Å². The second-order valence-electron chi connectivity index (χ2n) is 5.13. The van der Waals surface area contributed by atoms with Gasteiger partial charge in [0, 0.05) is 24.9 Å². The fourth-order valence-corrected chi connectivity index (χ4v) is 2.11. The molecule has 0 aliphatic rings. The minimum absolute atomic E-state index is 0.227. The van der Waals surface area contributed by atoms with E-state index >= 15 is 0 Å². The molecular formula is C18H20N2O3. The molecule has 5 heteroatoms. The fourth-order valence-electron chi connectivity index (χ4n) is 2.11. The van der Waals surface area contributed by atoms with E-state index in [1.54, 1.807) is 13.3 Å². The maximum Gasteiger partial charge on any atom is 0.287 e. The summed E-state index contributed by atoms with van der Waals surface area (Å²) in [4.78, 5) is 27.8. The first kappa shape index (κ1) is 16.7. The molecule has 0 unspecified atom stereocenters. The van der Waals surface area contributed by atoms with Gasteiger partial charge in [0.25, 0.3) is 5.91 Å². The van der Waals surface area contributed by atoms with Crippen molar-refractivity contribution in [3.05, 3.63) is 59.9 Å². The Balaban J connectivity index is 1.71. The van der Waals surface area contributed by atoms with Crippen molar-refractivity contribution >= 4 is 11.7 Å². The predicted octanol–water partition coefficient (Wildman–Crippen LogP) is 2.30. The molecule has 2 aromatic rings. The van der Waals surface area contributed by atoms with E-state index in [1.807, 2.05) is 42.5 Å². The van der Waals surface area contributed by atoms with Gasteiger partial charge in [0.2, 0.25) is 5.78 Å². The van der Waals surface area contributed by atoms with Crippen LogP contribution in [0.15, 0.2) is 48.7 Å². The Labute approximate surface area is 135 Å². The summed E-state index contributed by atoms with van der Waals surface area (Å²) in [6.45, 7) is 0.328. The molecule has 1 aromatic carbocycles. The molecule has 0 saturated carbocycles. The van der Waals surface area contributed by atoms with Crippen molar-refractivity contribution in [1.82, 2.24) is 10.3 Å². The minimum atomic E-state index is -0.540. The molecule has 120 valence electrons. The van der Waals surface area contributed by atoms with E-state index in [0.717, 1.165) is 17.0 Å². The molecular weight excluding hydrogens is 292 g/mol. The van der Waals surface area contributed by atoms with Crippen molar-refractivity contribution in [2.45, 2.75) is 25.8 Å². The van der Waals surface area contributed by atoms with Gasteiger partial charge in [0.15, 0.2) is 0 Å². The fraction of sp³-hybridized carbons (Fsp3) is 0.278. The van der Waals surface area contributed by atoms with Crippen LogP contribution in [0.25, 0.3) is 0 Å². The standard InChI is InChI=1S/C18H20N2O3/c1-23-16-10-8-14(9-11-16)13-20-18(22)17(21)7-4-6-15-5-2-3-12-19-15/h2-3,5,8-12H,4,6-7,13H2,1H3,(H,20,22). The van der Waals surface area contributed by atoms with Crippen LogP contribution < -0.4 is 10.1 Å². The number of methoxy groups -OCH3 is 1. The second-order valence-corrected chi connectivity index (χ2v) is 5.13. The largest absolute Gasteiger partial charge is 0.497 e. The SMILES string of the molecule is COc1ccc(CNC(=O)C(=O)CCCc2ccccn2)cc1. The molecule has 1 amide bonds. The first-order valence-electron chi connectivity index (χ1n) is 7.53. The van der Waals surface area contributed by atoms with Crippen molar-refractivity contribution in [2.24, 2.45) is 0 Å². The maximum absolute atomic E-state index is 11.8. The number of ether oxygens (including phenoxy) is 1. The van der Waals surface area contributed by atoms with Crippen LogP contribution in [0.3, 0.4) is 0 Å². The molecule has 0 aliphatic carbocycles. The number of rotatable bonds is 8. The third kappa shape index (κ3) is 5.54. The quantitative estimate of drug-likeness (QED) is 0.759. The average Bonchev–Trinajstić information content (AvgIpc) is 2.61. The molecule has 0 aliphatic heterocycles. The number of aromatic nitrogens is 1. The highest BCUT2D eigenvalue weighted by molar-refractivity contribution is 6.36. The normalized spacial score (nSPS) is 10.1. The first-order chi connectivity index (χ1) is 11.2. The van der Waals surface area contributed by atoms with E-state index < -0.39 is 11.7 Å². The maximum atomic E-state index is 11.8. The molecule has 0 atom stereocenters. The molecule has 1 N–H and O–H groups in total. The average molecular weight is 312 g/mol. The molecule has 0 fully saturated rings. The number of nitrogens with one attached hydrogen (secondary N) is 1. The molecule has 1 aromatic heterocycles. The Kier molecular flexibility index (Phi) is 6.29. The number of pyridine rings is 1. The van der Waals surface area contributed by atoms with Crippen LogP contribution in [0, 0.1) is 0 Å². The van der Waals surface area contributed by atoms with E-state index in [0.29, 0.717) is 19.4 Å². The molecule has 0 bridgehead atoms. The monoisotopic (exact) mass is 312 g/mol. The van der Waals surface area contributed by atoms with Gasteiger partial charge in [-0.2, -0.15) is 0 Å². The third-order valence-electron chi connectivity index (χ3n) is 3.43. The highest BCUT2D eigenvalue weighted by atomic mass is 16.5. The van der Waals surface area contributed by atoms with Crippen LogP contribution in [-0.2, 0) is 22.6 Å². The number of carbonyl (C=O) groups excluding carboxylic acids is 2. The summed E-state index contributed by atoms with van der Waals surface area (Å²) in [6.07, 6.45) is 3.26. The summed E-state index contributed by atoms with van der Waals surface area (Å²) in [7, 11) is 1.60. The van der Waals surface area contributed by atoms with Crippen LogP contribution in [-0.4, -0.2) is 23.8 Å². The predicted molar refractivity (Wildman–Crippen MR) is 87.0 cm³/mol.